The number of hydrogen-bond acceptors (Lipinski definition) is 26. The number of nitrogens with zero attached hydrogens (tertiary/aromatic N) is 9. The van der Waals surface area contributed by atoms with Gasteiger partial charge in [0.05, 0.1) is 86.5 Å². The van der Waals surface area contributed by atoms with Gasteiger partial charge in [-0.15, -0.1) is 0 Å². The number of epoxide rings is 1. The normalized spacial score (nSPS) is 19.4. The summed E-state index contributed by atoms with van der Waals surface area (Å²) in [4.78, 5) is 152. The molecule has 4 aromatic carbocycles. The lowest BCUT2D eigenvalue weighted by Crippen LogP contribution is -2.63. The predicted octanol–water partition coefficient (Wildman–Crippen LogP) is 18.0. The van der Waals surface area contributed by atoms with Crippen LogP contribution in [-0.4, -0.2) is 232 Å². The van der Waals surface area contributed by atoms with Crippen LogP contribution in [0.2, 0.25) is 10.0 Å². The lowest BCUT2D eigenvalue weighted by Gasteiger charge is -2.42. The molecule has 32 nitrogen and oxygen atoms in total. The summed E-state index contributed by atoms with van der Waals surface area (Å²) in [5.74, 6) is 0.129. The van der Waals surface area contributed by atoms with Gasteiger partial charge in [-0.05, 0) is 191 Å². The average Bonchev–Trinajstić information content (AvgIpc) is 1.57. The monoisotopic (exact) mass is 2120 g/mol. The Labute approximate surface area is 893 Å². The van der Waals surface area contributed by atoms with Gasteiger partial charge in [0.15, 0.2) is 5.72 Å². The number of unbranched alkanes of at least 4 members (excludes halogenated alkanes) is 5. The minimum Gasteiger partial charge on any atom is -0.495 e. The minimum absolute atomic E-state index is 0.0505. The topological polar surface area (TPSA) is 379 Å². The number of benzene rings is 4. The Hall–Kier alpha value is -11.4. The van der Waals surface area contributed by atoms with Crippen molar-refractivity contribution in [2.45, 2.75) is 263 Å². The van der Waals surface area contributed by atoms with Crippen LogP contribution in [0.5, 0.6) is 11.5 Å². The first kappa shape index (κ1) is 116. The number of ether oxygens (including phenoxy) is 8. The Kier molecular flexibility index (Phi) is 45.9. The van der Waals surface area contributed by atoms with E-state index in [-0.39, 0.29) is 106 Å². The number of likely N-dealkylation sites (N-methyl/N-ethyl adjacent to an activating group) is 1. The largest absolute Gasteiger partial charge is 0.495 e. The summed E-state index contributed by atoms with van der Waals surface area (Å²) in [5.41, 5.74) is 5.61. The van der Waals surface area contributed by atoms with E-state index in [1.807, 2.05) is 127 Å². The van der Waals surface area contributed by atoms with E-state index in [1.54, 1.807) is 69.7 Å². The molecule has 0 radical (unpaired) electrons. The van der Waals surface area contributed by atoms with E-state index in [2.05, 4.69) is 68.4 Å². The van der Waals surface area contributed by atoms with E-state index in [0.29, 0.717) is 155 Å². The summed E-state index contributed by atoms with van der Waals surface area (Å²) in [5, 5.41) is 27.1. The molecule has 1 aliphatic carbocycles. The van der Waals surface area contributed by atoms with Crippen LogP contribution < -0.4 is 41.0 Å². The lowest BCUT2D eigenvalue weighted by atomic mass is 9.68. The molecule has 1 unspecified atom stereocenters. The number of carbonyl (C=O) groups excluding carboxylic acids is 9. The van der Waals surface area contributed by atoms with Crippen molar-refractivity contribution in [2.75, 3.05) is 108 Å². The maximum absolute atomic E-state index is 15.7. The summed E-state index contributed by atoms with van der Waals surface area (Å²) >= 11 is 13.4. The summed E-state index contributed by atoms with van der Waals surface area (Å²) in [6.07, 6.45) is 16.2. The number of pyridine rings is 4. The number of allylic oxidation sites excluding steroid dienone is 3. The molecule has 4 bridgehead atoms. The fourth-order valence-electron chi connectivity index (χ4n) is 19.0. The third-order valence-electron chi connectivity index (χ3n) is 27.4. The maximum Gasteiger partial charge on any atom is 0.409 e. The standard InChI is InChI=1S/C113H146Cl2N14O18S2/c1-11-13-16-37-101(131)122-98-35-27-32-90(120-98)76-127(74-88-30-18-22-51-116-88)71-83-64-84(72-128(75-89-31-19-23-52-117-89)77-91-33-28-36-99(121-91)123-102(132)38-17-14-12-2)66-92(65-83)144-56-25-24-55-129(109(137)112(49-20-15-21-50-112)86-43-45-87(114)46-44-86)73-81-39-41-85(42-40-81)107(135)119-54-58-143-60-59-142-57-53-118-100(130)47-61-148-149-62-48-103(133)125(7)80(5)108(136)146-97-69-104(134)126(8)93-67-82(68-94(140-9)105(93)115)63-78(3)29-26-34-96(141-10)113(139)70-95(145-110(138)124-113)79(4)106-111(97,6)147-106/h18-19,22-23,26-36,39-46,51-52,64-68,79-80,95-97,106,139H,11-17,20-21,24-25,37-38,47-50,53-63,69-77H2,1-10H3,(H,118,130)(H,119,135)(H,124,138)(H,120,122,131)(H,121,123,132)/b34-26-,78-29+/t79-,80+,95+,96-,97-,106?,111+,113+/m0/s1. The molecule has 802 valence electrons. The molecule has 4 aliphatic rings. The second-order valence-electron chi connectivity index (χ2n) is 39.0. The van der Waals surface area contributed by atoms with E-state index in [0.717, 1.165) is 114 Å². The van der Waals surface area contributed by atoms with Crippen LogP contribution in [0.1, 0.15) is 224 Å². The highest BCUT2D eigenvalue weighted by atomic mass is 35.5. The fraction of sp³-hybridized carbons (Fsp3) is 0.496. The molecule has 0 spiro atoms. The van der Waals surface area contributed by atoms with Gasteiger partial charge in [0.2, 0.25) is 35.4 Å². The Morgan fingerprint density at radius 1 is 0.651 bits per heavy atom. The molecule has 36 heteroatoms. The molecule has 8 atom stereocenters. The molecule has 3 aliphatic heterocycles. The fourth-order valence-corrected chi connectivity index (χ4v) is 21.4. The smallest absolute Gasteiger partial charge is 0.409 e. The molecule has 7 heterocycles. The number of halogens is 2. The van der Waals surface area contributed by atoms with Gasteiger partial charge in [-0.25, -0.2) is 19.6 Å². The maximum atomic E-state index is 15.7. The van der Waals surface area contributed by atoms with Crippen molar-refractivity contribution in [1.82, 2.24) is 55.5 Å². The second kappa shape index (κ2) is 58.8. The van der Waals surface area contributed by atoms with Gasteiger partial charge in [-0.2, -0.15) is 0 Å². The molecule has 2 saturated heterocycles. The number of hydrogen-bond donors (Lipinski definition) is 6. The second-order valence-corrected chi connectivity index (χ2v) is 42.5. The molecular weight excluding hydrogens is 1980 g/mol. The number of methoxy groups -OCH3 is 2. The third-order valence-corrected chi connectivity index (χ3v) is 30.4. The van der Waals surface area contributed by atoms with E-state index < -0.39 is 71.1 Å². The summed E-state index contributed by atoms with van der Waals surface area (Å²) in [6, 6.07) is 47.2. The van der Waals surface area contributed by atoms with E-state index in [9.17, 15) is 43.5 Å². The number of alkyl carbamates (subject to hydrolysis) is 1. The molecule has 4 aromatic heterocycles. The highest BCUT2D eigenvalue weighted by molar-refractivity contribution is 8.76. The van der Waals surface area contributed by atoms with Gasteiger partial charge in [0, 0.05) is 159 Å². The minimum atomic E-state index is -1.89. The summed E-state index contributed by atoms with van der Waals surface area (Å²) in [7, 11) is 8.81. The van der Waals surface area contributed by atoms with Gasteiger partial charge in [0.25, 0.3) is 5.91 Å². The molecule has 8 amide bonds. The van der Waals surface area contributed by atoms with Crippen LogP contribution in [0.15, 0.2) is 188 Å². The van der Waals surface area contributed by atoms with Crippen LogP contribution in [0.25, 0.3) is 0 Å². The van der Waals surface area contributed by atoms with Gasteiger partial charge >= 0.3 is 12.1 Å². The number of nitrogens with one attached hydrogen (secondary N) is 5. The van der Waals surface area contributed by atoms with Gasteiger partial charge < -0.3 is 79.0 Å². The highest BCUT2D eigenvalue weighted by Crippen LogP contribution is 2.50. The van der Waals surface area contributed by atoms with Crippen molar-refractivity contribution in [3.63, 3.8) is 0 Å². The zero-order chi connectivity index (χ0) is 106. The zero-order valence-corrected chi connectivity index (χ0v) is 90.6. The molecular formula is C113H146Cl2N14O18S2. The molecule has 6 N–H and O–H groups in total. The number of fused-ring (bicyclic) bond motifs is 5. The molecule has 8 aromatic rings. The number of rotatable bonds is 54. The average molecular weight is 2120 g/mol. The van der Waals surface area contributed by atoms with Crippen molar-refractivity contribution in [3.05, 3.63) is 254 Å². The lowest BCUT2D eigenvalue weighted by molar-refractivity contribution is -0.162. The van der Waals surface area contributed by atoms with Crippen molar-refractivity contribution in [1.29, 1.82) is 0 Å². The Bertz CT molecular complexity index is 5650. The highest BCUT2D eigenvalue weighted by Gasteiger charge is 2.65. The number of esters is 1. The van der Waals surface area contributed by atoms with E-state index in [1.165, 1.54) is 59.6 Å². The van der Waals surface area contributed by atoms with Crippen LogP contribution in [0.3, 0.4) is 0 Å². The van der Waals surface area contributed by atoms with Crippen molar-refractivity contribution in [2.24, 2.45) is 5.92 Å². The molecule has 1 saturated carbocycles. The Balaban J connectivity index is 0.600. The van der Waals surface area contributed by atoms with Crippen LogP contribution in [0.4, 0.5) is 22.1 Å². The Morgan fingerprint density at radius 2 is 1.25 bits per heavy atom. The summed E-state index contributed by atoms with van der Waals surface area (Å²) in [6.45, 7) is 16.6. The van der Waals surface area contributed by atoms with Crippen LogP contribution >= 0.6 is 44.8 Å². The van der Waals surface area contributed by atoms with Crippen molar-refractivity contribution in [3.8, 4) is 11.5 Å². The first-order valence-corrected chi connectivity index (χ1v) is 55.1. The van der Waals surface area contributed by atoms with Crippen LogP contribution in [0, 0.1) is 5.92 Å². The number of anilines is 3. The number of aliphatic hydroxyl groups is 1. The number of carbonyl (C=O) groups is 9. The number of amides is 8. The van der Waals surface area contributed by atoms with Crippen molar-refractivity contribution >= 4 is 116 Å². The SMILES string of the molecule is CCCCCC(=O)Nc1cccc(CN(Cc2cc(CN(Cc3ccccn3)Cc3cccc(NC(=O)CCCCC)n3)cc(OCCCCN(Cc3ccc(C(=O)NCCOCCOCCNC(=O)CCSSCCC(=O)N(C)[C@H](C)C(=O)O[C@H]4CC(=O)N(C)c5cc(cc(OC)c5Cl)C/C(C)=C/C=C\[C@H](OC)[C@]5(O)C[C@@H](OC(=O)N5)[C@H](C)C5O[C@@]54C)cc3)C(=O)C3(c4ccc(Cl)cc4)CCCCC3)c2)Cc2ccccn2)n1. The van der Waals surface area contributed by atoms with E-state index >= 15 is 4.79 Å². The quantitative estimate of drug-likeness (QED) is 0.00892. The zero-order valence-electron chi connectivity index (χ0n) is 87.4. The predicted molar refractivity (Wildman–Crippen MR) is 580 cm³/mol. The van der Waals surface area contributed by atoms with E-state index in [4.69, 9.17) is 81.0 Å². The number of aromatic nitrogens is 4. The Morgan fingerprint density at radius 3 is 1.84 bits per heavy atom. The van der Waals surface area contributed by atoms with Gasteiger partial charge in [-0.1, -0.05) is 189 Å². The van der Waals surface area contributed by atoms with Crippen LogP contribution in [-0.2, 0) is 120 Å². The first-order valence-electron chi connectivity index (χ1n) is 51.9. The van der Waals surface area contributed by atoms with Gasteiger partial charge in [-0.3, -0.25) is 58.6 Å². The third kappa shape index (κ3) is 35.6. The van der Waals surface area contributed by atoms with Gasteiger partial charge in [0.1, 0.15) is 58.1 Å². The molecule has 12 rings (SSSR count). The molecule has 3 fully saturated rings. The molecule has 149 heavy (non-hydrogen) atoms. The summed E-state index contributed by atoms with van der Waals surface area (Å²) < 4.78 is 48.1. The van der Waals surface area contributed by atoms with Crippen molar-refractivity contribution < 1.29 is 86.2 Å². The first-order chi connectivity index (χ1) is 71.9.